The van der Waals surface area contributed by atoms with Crippen molar-refractivity contribution >= 4 is 5.96 Å². The van der Waals surface area contributed by atoms with Gasteiger partial charge in [-0.25, -0.2) is 0 Å². The molecule has 0 amide bonds. The van der Waals surface area contributed by atoms with E-state index < -0.39 is 0 Å². The van der Waals surface area contributed by atoms with E-state index in [9.17, 15) is 0 Å². The highest BCUT2D eigenvalue weighted by atomic mass is 16.5. The minimum Gasteiger partial charge on any atom is -0.465 e. The van der Waals surface area contributed by atoms with Gasteiger partial charge in [0, 0.05) is 52.0 Å². The van der Waals surface area contributed by atoms with Crippen LogP contribution in [0.15, 0.2) is 33.9 Å². The molecule has 2 unspecified atom stereocenters. The van der Waals surface area contributed by atoms with E-state index in [4.69, 9.17) is 13.9 Å². The highest BCUT2D eigenvalue weighted by Crippen LogP contribution is 2.24. The van der Waals surface area contributed by atoms with Crippen molar-refractivity contribution in [3.63, 3.8) is 0 Å². The van der Waals surface area contributed by atoms with Crippen molar-refractivity contribution in [2.75, 3.05) is 59.6 Å². The van der Waals surface area contributed by atoms with Gasteiger partial charge < -0.3 is 24.1 Å². The Kier molecular flexibility index (Phi) is 6.71. The summed E-state index contributed by atoms with van der Waals surface area (Å²) >= 11 is 0. The largest absolute Gasteiger partial charge is 0.465 e. The molecule has 2 aromatic rings. The van der Waals surface area contributed by atoms with Crippen LogP contribution in [0.2, 0.25) is 0 Å². The lowest BCUT2D eigenvalue weighted by Crippen LogP contribution is -2.50. The first-order valence-corrected chi connectivity index (χ1v) is 10.6. The van der Waals surface area contributed by atoms with E-state index in [-0.39, 0.29) is 12.1 Å². The summed E-state index contributed by atoms with van der Waals surface area (Å²) in [5.41, 5.74) is 1.09. The summed E-state index contributed by atoms with van der Waals surface area (Å²) < 4.78 is 19.3. The predicted molar refractivity (Wildman–Crippen MR) is 113 cm³/mol. The number of ether oxygens (including phenoxy) is 2. The zero-order chi connectivity index (χ0) is 20.9. The molecule has 0 aromatic carbocycles. The van der Waals surface area contributed by atoms with Gasteiger partial charge in [0.15, 0.2) is 5.96 Å². The Morgan fingerprint density at radius 1 is 1.27 bits per heavy atom. The average Bonchev–Trinajstić information content (AvgIpc) is 3.40. The zero-order valence-corrected chi connectivity index (χ0v) is 18.1. The van der Waals surface area contributed by atoms with Gasteiger partial charge in [0.25, 0.3) is 0 Å². The van der Waals surface area contributed by atoms with Gasteiger partial charge in [-0.15, -0.1) is 0 Å². The lowest BCUT2D eigenvalue weighted by Gasteiger charge is -2.37. The molecule has 4 rings (SSSR count). The van der Waals surface area contributed by atoms with Gasteiger partial charge >= 0.3 is 0 Å². The maximum Gasteiger partial charge on any atom is 0.193 e. The van der Waals surface area contributed by atoms with Crippen molar-refractivity contribution in [2.24, 2.45) is 12.0 Å². The SMILES string of the molecule is CN=C(NCC(c1ccc(C)o1)N1CCOCC1)N1CCOC(c2cnn(C)c2)C1. The molecule has 30 heavy (non-hydrogen) atoms. The van der Waals surface area contributed by atoms with Crippen LogP contribution in [0, 0.1) is 6.92 Å². The van der Waals surface area contributed by atoms with Gasteiger partial charge in [-0.3, -0.25) is 14.6 Å². The second-order valence-corrected chi connectivity index (χ2v) is 7.79. The number of rotatable bonds is 5. The number of nitrogens with zero attached hydrogens (tertiary/aromatic N) is 5. The van der Waals surface area contributed by atoms with E-state index in [1.54, 1.807) is 0 Å². The van der Waals surface area contributed by atoms with Crippen molar-refractivity contribution < 1.29 is 13.9 Å². The quantitative estimate of drug-likeness (QED) is 0.582. The second-order valence-electron chi connectivity index (χ2n) is 7.79. The summed E-state index contributed by atoms with van der Waals surface area (Å²) in [7, 11) is 3.75. The molecule has 0 saturated carbocycles. The van der Waals surface area contributed by atoms with E-state index in [0.717, 1.165) is 62.4 Å². The summed E-state index contributed by atoms with van der Waals surface area (Å²) in [6, 6.07) is 4.24. The molecule has 2 aliphatic heterocycles. The number of aryl methyl sites for hydroxylation is 2. The van der Waals surface area contributed by atoms with Crippen molar-refractivity contribution in [1.82, 2.24) is 24.9 Å². The van der Waals surface area contributed by atoms with Crippen molar-refractivity contribution in [3.05, 3.63) is 41.6 Å². The predicted octanol–water partition coefficient (Wildman–Crippen LogP) is 1.34. The Balaban J connectivity index is 1.42. The molecule has 164 valence electrons. The van der Waals surface area contributed by atoms with Crippen LogP contribution >= 0.6 is 0 Å². The minimum absolute atomic E-state index is 0.00577. The van der Waals surface area contributed by atoms with Gasteiger partial charge in [-0.2, -0.15) is 5.10 Å². The Hall–Kier alpha value is -2.36. The standard InChI is InChI=1S/C21H32N6O3/c1-16-4-5-19(30-16)18(26-6-9-28-10-7-26)13-23-21(22-2)27-8-11-29-20(15-27)17-12-24-25(3)14-17/h4-5,12,14,18,20H,6-11,13,15H2,1-3H3,(H,22,23). The van der Waals surface area contributed by atoms with Crippen LogP contribution in [-0.2, 0) is 16.5 Å². The van der Waals surface area contributed by atoms with Crippen LogP contribution in [-0.4, -0.2) is 85.1 Å². The molecule has 1 N–H and O–H groups in total. The van der Waals surface area contributed by atoms with Gasteiger partial charge in [-0.1, -0.05) is 0 Å². The van der Waals surface area contributed by atoms with Crippen LogP contribution < -0.4 is 5.32 Å². The van der Waals surface area contributed by atoms with E-state index >= 15 is 0 Å². The van der Waals surface area contributed by atoms with Crippen molar-refractivity contribution in [2.45, 2.75) is 19.1 Å². The fraction of sp³-hybridized carbons (Fsp3) is 0.619. The molecule has 2 saturated heterocycles. The Morgan fingerprint density at radius 2 is 2.10 bits per heavy atom. The number of hydrogen-bond donors (Lipinski definition) is 1. The van der Waals surface area contributed by atoms with E-state index in [1.807, 2.05) is 44.2 Å². The van der Waals surface area contributed by atoms with Gasteiger partial charge in [0.1, 0.15) is 17.6 Å². The molecule has 4 heterocycles. The van der Waals surface area contributed by atoms with Crippen molar-refractivity contribution in [3.8, 4) is 0 Å². The molecule has 0 radical (unpaired) electrons. The Labute approximate surface area is 177 Å². The molecule has 0 aliphatic carbocycles. The number of nitrogens with one attached hydrogen (secondary N) is 1. The molecule has 9 heteroatoms. The fourth-order valence-corrected chi connectivity index (χ4v) is 4.10. The van der Waals surface area contributed by atoms with Gasteiger partial charge in [0.2, 0.25) is 0 Å². The normalized spacial score (nSPS) is 22.3. The van der Waals surface area contributed by atoms with Gasteiger partial charge in [0.05, 0.1) is 38.6 Å². The molecule has 0 spiro atoms. The number of guanidine groups is 1. The van der Waals surface area contributed by atoms with E-state index in [1.165, 1.54) is 0 Å². The third-order valence-corrected chi connectivity index (χ3v) is 5.70. The average molecular weight is 417 g/mol. The van der Waals surface area contributed by atoms with Crippen LogP contribution in [0.25, 0.3) is 0 Å². The number of furan rings is 1. The molecular weight excluding hydrogens is 384 g/mol. The summed E-state index contributed by atoms with van der Waals surface area (Å²) in [5, 5.41) is 7.85. The third kappa shape index (κ3) is 4.85. The van der Waals surface area contributed by atoms with Crippen molar-refractivity contribution in [1.29, 1.82) is 0 Å². The van der Waals surface area contributed by atoms with E-state index in [0.29, 0.717) is 13.2 Å². The molecule has 2 aromatic heterocycles. The Bertz CT molecular complexity index is 841. The summed E-state index contributed by atoms with van der Waals surface area (Å²) in [6.07, 6.45) is 3.88. The first-order chi connectivity index (χ1) is 14.6. The number of morpholine rings is 2. The first kappa shape index (κ1) is 20.9. The number of hydrogen-bond acceptors (Lipinski definition) is 6. The van der Waals surface area contributed by atoms with Gasteiger partial charge in [-0.05, 0) is 19.1 Å². The monoisotopic (exact) mass is 416 g/mol. The summed E-state index contributed by atoms with van der Waals surface area (Å²) in [6.45, 7) is 8.20. The molecule has 2 atom stereocenters. The second kappa shape index (κ2) is 9.63. The minimum atomic E-state index is -0.00577. The van der Waals surface area contributed by atoms with Crippen LogP contribution in [0.4, 0.5) is 0 Å². The molecule has 9 nitrogen and oxygen atoms in total. The zero-order valence-electron chi connectivity index (χ0n) is 18.1. The topological polar surface area (TPSA) is 80.3 Å². The highest BCUT2D eigenvalue weighted by molar-refractivity contribution is 5.80. The lowest BCUT2D eigenvalue weighted by molar-refractivity contribution is -0.00870. The highest BCUT2D eigenvalue weighted by Gasteiger charge is 2.28. The van der Waals surface area contributed by atoms with Crippen LogP contribution in [0.3, 0.4) is 0 Å². The molecule has 2 aliphatic rings. The number of aliphatic imine (C=N–C) groups is 1. The molecule has 0 bridgehead atoms. The van der Waals surface area contributed by atoms with E-state index in [2.05, 4.69) is 31.3 Å². The maximum absolute atomic E-state index is 5.98. The maximum atomic E-state index is 5.98. The summed E-state index contributed by atoms with van der Waals surface area (Å²) in [4.78, 5) is 9.21. The Morgan fingerprint density at radius 3 is 2.77 bits per heavy atom. The number of aromatic nitrogens is 2. The van der Waals surface area contributed by atoms with Crippen LogP contribution in [0.1, 0.15) is 29.2 Å². The van der Waals surface area contributed by atoms with Crippen LogP contribution in [0.5, 0.6) is 0 Å². The lowest BCUT2D eigenvalue weighted by atomic mass is 10.1. The summed E-state index contributed by atoms with van der Waals surface area (Å²) in [5.74, 6) is 2.79. The molecule has 2 fully saturated rings. The smallest absolute Gasteiger partial charge is 0.193 e. The first-order valence-electron chi connectivity index (χ1n) is 10.6. The third-order valence-electron chi connectivity index (χ3n) is 5.70. The fourth-order valence-electron chi connectivity index (χ4n) is 4.10. The molecular formula is C21H32N6O3.